The van der Waals surface area contributed by atoms with E-state index in [4.69, 9.17) is 10.2 Å². The van der Waals surface area contributed by atoms with E-state index < -0.39 is 16.0 Å². The highest BCUT2D eigenvalue weighted by Crippen LogP contribution is 2.33. The number of aliphatic hydroxyl groups is 1. The van der Waals surface area contributed by atoms with Crippen LogP contribution in [-0.2, 0) is 10.0 Å². The number of carboxylic acid groups (broad SMARTS) is 1. The average Bonchev–Trinajstić information content (AvgIpc) is 2.61. The lowest BCUT2D eigenvalue weighted by Crippen LogP contribution is -2.29. The number of halogens is 1. The first-order valence-corrected chi connectivity index (χ1v) is 7.45. The van der Waals surface area contributed by atoms with Gasteiger partial charge < -0.3 is 10.2 Å². The van der Waals surface area contributed by atoms with Crippen LogP contribution in [-0.4, -0.2) is 49.1 Å². The molecule has 0 fully saturated rings. The summed E-state index contributed by atoms with van der Waals surface area (Å²) in [6.07, 6.45) is 0. The summed E-state index contributed by atoms with van der Waals surface area (Å²) >= 11 is 3.86. The molecule has 0 aliphatic carbocycles. The van der Waals surface area contributed by atoms with E-state index in [9.17, 15) is 13.2 Å². The lowest BCUT2D eigenvalue weighted by molar-refractivity contribution is 0.0702. The number of aromatic carboxylic acids is 1. The van der Waals surface area contributed by atoms with Crippen LogP contribution >= 0.6 is 27.3 Å². The maximum atomic E-state index is 12.0. The SMILES string of the molecule is CN(CCO)S(=O)(=O)c1cc(C(=O)O)sc1Br. The van der Waals surface area contributed by atoms with Crippen molar-refractivity contribution in [1.82, 2.24) is 4.31 Å². The monoisotopic (exact) mass is 343 g/mol. The van der Waals surface area contributed by atoms with Gasteiger partial charge in [0.05, 0.1) is 10.4 Å². The molecule has 6 nitrogen and oxygen atoms in total. The molecule has 0 radical (unpaired) electrons. The van der Waals surface area contributed by atoms with E-state index in [2.05, 4.69) is 15.9 Å². The van der Waals surface area contributed by atoms with Gasteiger partial charge in [0.1, 0.15) is 9.77 Å². The molecule has 1 rings (SSSR count). The Labute approximate surface area is 111 Å². The molecule has 17 heavy (non-hydrogen) atoms. The summed E-state index contributed by atoms with van der Waals surface area (Å²) in [4.78, 5) is 10.6. The molecule has 0 saturated carbocycles. The van der Waals surface area contributed by atoms with Gasteiger partial charge in [0.2, 0.25) is 10.0 Å². The number of likely N-dealkylation sites (N-methyl/N-ethyl adjacent to an activating group) is 1. The third-order valence-electron chi connectivity index (χ3n) is 1.97. The Kier molecular flexibility index (Phi) is 4.67. The van der Waals surface area contributed by atoms with Gasteiger partial charge in [-0.25, -0.2) is 13.2 Å². The van der Waals surface area contributed by atoms with E-state index in [1.807, 2.05) is 0 Å². The predicted molar refractivity (Wildman–Crippen MR) is 65.9 cm³/mol. The number of sulfonamides is 1. The van der Waals surface area contributed by atoms with Crippen LogP contribution in [0.15, 0.2) is 14.7 Å². The van der Waals surface area contributed by atoms with Gasteiger partial charge in [-0.3, -0.25) is 0 Å². The van der Waals surface area contributed by atoms with E-state index in [0.717, 1.165) is 21.7 Å². The largest absolute Gasteiger partial charge is 0.477 e. The fourth-order valence-electron chi connectivity index (χ4n) is 1.06. The molecule has 0 aliphatic heterocycles. The van der Waals surface area contributed by atoms with E-state index in [1.165, 1.54) is 7.05 Å². The quantitative estimate of drug-likeness (QED) is 0.825. The maximum Gasteiger partial charge on any atom is 0.345 e. The molecule has 0 amide bonds. The third kappa shape index (κ3) is 3.05. The molecule has 0 spiro atoms. The fraction of sp³-hybridized carbons (Fsp3) is 0.375. The van der Waals surface area contributed by atoms with Gasteiger partial charge in [0.25, 0.3) is 0 Å². The summed E-state index contributed by atoms with van der Waals surface area (Å²) in [5.74, 6) is -1.18. The number of carboxylic acids is 1. The van der Waals surface area contributed by atoms with Crippen LogP contribution < -0.4 is 0 Å². The van der Waals surface area contributed by atoms with E-state index in [-0.39, 0.29) is 26.7 Å². The highest BCUT2D eigenvalue weighted by molar-refractivity contribution is 9.11. The van der Waals surface area contributed by atoms with Gasteiger partial charge in [-0.2, -0.15) is 4.31 Å². The maximum absolute atomic E-state index is 12.0. The van der Waals surface area contributed by atoms with Gasteiger partial charge in [0, 0.05) is 13.6 Å². The molecule has 0 saturated heterocycles. The Morgan fingerprint density at radius 1 is 1.59 bits per heavy atom. The van der Waals surface area contributed by atoms with Crippen LogP contribution in [0.25, 0.3) is 0 Å². The molecule has 0 aliphatic rings. The first-order chi connectivity index (χ1) is 7.80. The smallest absolute Gasteiger partial charge is 0.345 e. The van der Waals surface area contributed by atoms with Crippen molar-refractivity contribution in [1.29, 1.82) is 0 Å². The highest BCUT2D eigenvalue weighted by atomic mass is 79.9. The second kappa shape index (κ2) is 5.44. The lowest BCUT2D eigenvalue weighted by Gasteiger charge is -2.14. The Balaban J connectivity index is 3.20. The van der Waals surface area contributed by atoms with Crippen LogP contribution in [0.1, 0.15) is 9.67 Å². The van der Waals surface area contributed by atoms with E-state index in [1.54, 1.807) is 0 Å². The van der Waals surface area contributed by atoms with Crippen LogP contribution in [0.3, 0.4) is 0 Å². The molecule has 0 bridgehead atoms. The van der Waals surface area contributed by atoms with Crippen LogP contribution in [0.4, 0.5) is 0 Å². The Bertz CT molecular complexity index is 524. The minimum absolute atomic E-state index is 0.0486. The number of rotatable bonds is 5. The number of aliphatic hydroxyl groups excluding tert-OH is 1. The normalized spacial score (nSPS) is 12.0. The Morgan fingerprint density at radius 3 is 2.59 bits per heavy atom. The minimum atomic E-state index is -3.77. The minimum Gasteiger partial charge on any atom is -0.477 e. The van der Waals surface area contributed by atoms with Crippen LogP contribution in [0.2, 0.25) is 0 Å². The summed E-state index contributed by atoms with van der Waals surface area (Å²) in [5, 5.41) is 17.5. The van der Waals surface area contributed by atoms with Crippen molar-refractivity contribution in [3.63, 3.8) is 0 Å². The van der Waals surface area contributed by atoms with E-state index >= 15 is 0 Å². The van der Waals surface area contributed by atoms with Gasteiger partial charge in [-0.05, 0) is 22.0 Å². The molecule has 1 heterocycles. The molecular weight excluding hydrogens is 334 g/mol. The number of thiophene rings is 1. The molecule has 0 aromatic carbocycles. The summed E-state index contributed by atoms with van der Waals surface area (Å²) in [5.41, 5.74) is 0. The Hall–Kier alpha value is -0.480. The summed E-state index contributed by atoms with van der Waals surface area (Å²) in [6.45, 7) is -0.351. The molecular formula is C8H10BrNO5S2. The number of hydrogen-bond donors (Lipinski definition) is 2. The van der Waals surface area contributed by atoms with E-state index in [0.29, 0.717) is 0 Å². The molecule has 0 unspecified atom stereocenters. The van der Waals surface area contributed by atoms with Crippen LogP contribution in [0.5, 0.6) is 0 Å². The fourth-order valence-corrected chi connectivity index (χ4v) is 4.57. The highest BCUT2D eigenvalue weighted by Gasteiger charge is 2.26. The van der Waals surface area contributed by atoms with Gasteiger partial charge in [-0.1, -0.05) is 0 Å². The molecule has 1 aromatic rings. The molecule has 9 heteroatoms. The second-order valence-electron chi connectivity index (χ2n) is 3.10. The molecule has 0 atom stereocenters. The molecule has 1 aromatic heterocycles. The zero-order valence-corrected chi connectivity index (χ0v) is 12.0. The van der Waals surface area contributed by atoms with Crippen molar-refractivity contribution in [3.05, 3.63) is 14.7 Å². The molecule has 96 valence electrons. The zero-order valence-electron chi connectivity index (χ0n) is 8.75. The predicted octanol–water partition coefficient (Wildman–Crippen LogP) is 0.822. The second-order valence-corrected chi connectivity index (χ2v) is 7.49. The van der Waals surface area contributed by atoms with Crippen LogP contribution in [0, 0.1) is 0 Å². The lowest BCUT2D eigenvalue weighted by atomic mass is 10.5. The summed E-state index contributed by atoms with van der Waals surface area (Å²) < 4.78 is 25.2. The number of carbonyl (C=O) groups is 1. The van der Waals surface area contributed by atoms with Gasteiger partial charge in [0.15, 0.2) is 0 Å². The van der Waals surface area contributed by atoms with Crippen molar-refractivity contribution in [2.75, 3.05) is 20.2 Å². The van der Waals surface area contributed by atoms with Gasteiger partial charge >= 0.3 is 5.97 Å². The summed E-state index contributed by atoms with van der Waals surface area (Å²) in [6, 6.07) is 1.10. The van der Waals surface area contributed by atoms with Crippen molar-refractivity contribution in [3.8, 4) is 0 Å². The average molecular weight is 344 g/mol. The number of hydrogen-bond acceptors (Lipinski definition) is 5. The Morgan fingerprint density at radius 2 is 2.18 bits per heavy atom. The third-order valence-corrected chi connectivity index (χ3v) is 6.07. The van der Waals surface area contributed by atoms with Gasteiger partial charge in [-0.15, -0.1) is 11.3 Å². The standard InChI is InChI=1S/C8H10BrNO5S2/c1-10(2-3-11)17(14,15)6-4-5(8(12)13)16-7(6)9/h4,11H,2-3H2,1H3,(H,12,13). The first-order valence-electron chi connectivity index (χ1n) is 4.40. The first kappa shape index (κ1) is 14.6. The van der Waals surface area contributed by atoms with Crippen molar-refractivity contribution < 1.29 is 23.4 Å². The topological polar surface area (TPSA) is 94.9 Å². The number of nitrogens with zero attached hydrogens (tertiary/aromatic N) is 1. The summed E-state index contributed by atoms with van der Waals surface area (Å²) in [7, 11) is -2.46. The van der Waals surface area contributed by atoms with Crippen molar-refractivity contribution in [2.24, 2.45) is 0 Å². The van der Waals surface area contributed by atoms with Crippen molar-refractivity contribution >= 4 is 43.3 Å². The zero-order chi connectivity index (χ0) is 13.2. The molecule has 2 N–H and O–H groups in total. The van der Waals surface area contributed by atoms with Crippen molar-refractivity contribution in [2.45, 2.75) is 4.90 Å².